The zero-order chi connectivity index (χ0) is 24.2. The first-order valence-electron chi connectivity index (χ1n) is 10.0. The minimum atomic E-state index is -4.36. The molecule has 2 aromatic rings. The Morgan fingerprint density at radius 3 is 2.24 bits per heavy atom. The summed E-state index contributed by atoms with van der Waals surface area (Å²) in [7, 11) is -5.92. The quantitative estimate of drug-likeness (QED) is 0.527. The fraction of sp³-hybridized carbons (Fsp3) is 0.333. The third kappa shape index (κ3) is 5.70. The molecule has 2 aromatic carbocycles. The predicted molar refractivity (Wildman–Crippen MR) is 118 cm³/mol. The summed E-state index contributed by atoms with van der Waals surface area (Å²) >= 11 is 0. The summed E-state index contributed by atoms with van der Waals surface area (Å²) < 4.78 is 65.3. The molecule has 0 aromatic heterocycles. The molecule has 1 fully saturated rings. The number of carbonyl (C=O) groups excluding carboxylic acids is 2. The predicted octanol–water partition coefficient (Wildman–Crippen LogP) is 1.82. The van der Waals surface area contributed by atoms with Crippen molar-refractivity contribution in [2.24, 2.45) is 0 Å². The summed E-state index contributed by atoms with van der Waals surface area (Å²) in [6.45, 7) is 0. The van der Waals surface area contributed by atoms with Gasteiger partial charge in [-0.15, -0.1) is 0 Å². The minimum absolute atomic E-state index is 0.0105. The van der Waals surface area contributed by atoms with Crippen LogP contribution in [-0.2, 0) is 24.8 Å². The van der Waals surface area contributed by atoms with Crippen molar-refractivity contribution in [1.82, 2.24) is 9.44 Å². The van der Waals surface area contributed by atoms with Crippen LogP contribution >= 0.6 is 0 Å². The van der Waals surface area contributed by atoms with Crippen LogP contribution in [0, 0.1) is 0 Å². The van der Waals surface area contributed by atoms with Gasteiger partial charge in [0.25, 0.3) is 15.9 Å². The average molecular weight is 497 g/mol. The van der Waals surface area contributed by atoms with Crippen LogP contribution in [0.1, 0.15) is 46.4 Å². The van der Waals surface area contributed by atoms with E-state index in [2.05, 4.69) is 9.46 Å². The Labute approximate surface area is 192 Å². The molecule has 0 bridgehead atoms. The lowest BCUT2D eigenvalue weighted by atomic mass is 10.2. The number of methoxy groups -OCH3 is 2. The van der Waals surface area contributed by atoms with Gasteiger partial charge in [-0.3, -0.25) is 4.79 Å². The third-order valence-electron chi connectivity index (χ3n) is 5.18. The molecule has 1 amide bonds. The van der Waals surface area contributed by atoms with Gasteiger partial charge in [0.2, 0.25) is 10.0 Å². The van der Waals surface area contributed by atoms with E-state index < -0.39 is 31.9 Å². The maximum absolute atomic E-state index is 12.9. The van der Waals surface area contributed by atoms with Crippen molar-refractivity contribution in [3.05, 3.63) is 53.6 Å². The van der Waals surface area contributed by atoms with Gasteiger partial charge in [0.1, 0.15) is 10.6 Å². The Kier molecular flexibility index (Phi) is 7.40. The van der Waals surface area contributed by atoms with Crippen LogP contribution in [0.5, 0.6) is 5.75 Å². The summed E-state index contributed by atoms with van der Waals surface area (Å²) in [4.78, 5) is 23.8. The number of ether oxygens (including phenoxy) is 2. The van der Waals surface area contributed by atoms with E-state index in [-0.39, 0.29) is 32.7 Å². The van der Waals surface area contributed by atoms with Gasteiger partial charge in [-0.1, -0.05) is 18.9 Å². The van der Waals surface area contributed by atoms with Crippen molar-refractivity contribution >= 4 is 31.9 Å². The largest absolute Gasteiger partial charge is 0.495 e. The monoisotopic (exact) mass is 496 g/mol. The fourth-order valence-corrected chi connectivity index (χ4v) is 6.02. The highest BCUT2D eigenvalue weighted by molar-refractivity contribution is 7.90. The first-order valence-corrected chi connectivity index (χ1v) is 13.0. The SMILES string of the molecule is COC(=O)c1cccc(S(=O)(=O)NC(=O)c2ccc(OC)c(S(=O)(=O)NC3CCCC3)c2)c1. The molecule has 2 N–H and O–H groups in total. The molecule has 0 heterocycles. The molecule has 0 spiro atoms. The number of sulfonamides is 2. The molecule has 0 atom stereocenters. The Bertz CT molecular complexity index is 1270. The summed E-state index contributed by atoms with van der Waals surface area (Å²) in [5.74, 6) is -1.76. The van der Waals surface area contributed by atoms with Crippen molar-refractivity contribution < 1.29 is 35.9 Å². The second-order valence-electron chi connectivity index (χ2n) is 7.42. The number of nitrogens with one attached hydrogen (secondary N) is 2. The van der Waals surface area contributed by atoms with Crippen LogP contribution in [-0.4, -0.2) is 49.0 Å². The highest BCUT2D eigenvalue weighted by atomic mass is 32.2. The van der Waals surface area contributed by atoms with Crippen LogP contribution in [0.15, 0.2) is 52.3 Å². The van der Waals surface area contributed by atoms with Gasteiger partial charge in [-0.25, -0.2) is 31.1 Å². The molecule has 178 valence electrons. The van der Waals surface area contributed by atoms with E-state index in [1.54, 1.807) is 0 Å². The Balaban J connectivity index is 1.88. The van der Waals surface area contributed by atoms with Gasteiger partial charge in [-0.2, -0.15) is 0 Å². The normalized spacial score (nSPS) is 14.6. The summed E-state index contributed by atoms with van der Waals surface area (Å²) in [6.07, 6.45) is 3.26. The van der Waals surface area contributed by atoms with Crippen LogP contribution in [0.2, 0.25) is 0 Å². The van der Waals surface area contributed by atoms with E-state index in [1.807, 2.05) is 4.72 Å². The molecule has 0 unspecified atom stereocenters. The molecule has 12 heteroatoms. The van der Waals surface area contributed by atoms with Crippen molar-refractivity contribution in [3.63, 3.8) is 0 Å². The molecule has 10 nitrogen and oxygen atoms in total. The molecule has 3 rings (SSSR count). The van der Waals surface area contributed by atoms with Crippen molar-refractivity contribution in [3.8, 4) is 5.75 Å². The second kappa shape index (κ2) is 9.89. The van der Waals surface area contributed by atoms with Gasteiger partial charge >= 0.3 is 5.97 Å². The number of rotatable bonds is 8. The lowest BCUT2D eigenvalue weighted by molar-refractivity contribution is 0.0600. The first-order chi connectivity index (χ1) is 15.6. The van der Waals surface area contributed by atoms with E-state index in [0.717, 1.165) is 32.1 Å². The molecular formula is C21H24N2O8S2. The molecule has 1 saturated carbocycles. The fourth-order valence-electron chi connectivity index (χ4n) is 3.50. The van der Waals surface area contributed by atoms with Gasteiger partial charge in [0.15, 0.2) is 0 Å². The van der Waals surface area contributed by atoms with Gasteiger partial charge in [0.05, 0.1) is 24.7 Å². The topological polar surface area (TPSA) is 145 Å². The minimum Gasteiger partial charge on any atom is -0.495 e. The van der Waals surface area contributed by atoms with Crippen LogP contribution in [0.3, 0.4) is 0 Å². The second-order valence-corrected chi connectivity index (χ2v) is 10.8. The number of amides is 1. The van der Waals surface area contributed by atoms with E-state index in [0.29, 0.717) is 12.8 Å². The summed E-state index contributed by atoms with van der Waals surface area (Å²) in [5.41, 5.74) is -0.209. The Morgan fingerprint density at radius 2 is 1.61 bits per heavy atom. The molecule has 1 aliphatic carbocycles. The molecule has 33 heavy (non-hydrogen) atoms. The Hall–Kier alpha value is -2.96. The van der Waals surface area contributed by atoms with Gasteiger partial charge in [0, 0.05) is 11.6 Å². The molecular weight excluding hydrogens is 472 g/mol. The highest BCUT2D eigenvalue weighted by Crippen LogP contribution is 2.27. The zero-order valence-corrected chi connectivity index (χ0v) is 19.7. The highest BCUT2D eigenvalue weighted by Gasteiger charge is 2.27. The molecule has 0 aliphatic heterocycles. The molecule has 0 radical (unpaired) electrons. The van der Waals surface area contributed by atoms with Crippen molar-refractivity contribution in [2.45, 2.75) is 41.5 Å². The number of benzene rings is 2. The number of carbonyl (C=O) groups is 2. The van der Waals surface area contributed by atoms with E-state index in [4.69, 9.17) is 4.74 Å². The number of esters is 1. The van der Waals surface area contributed by atoms with Crippen LogP contribution in [0.25, 0.3) is 0 Å². The maximum atomic E-state index is 12.9. The number of hydrogen-bond donors (Lipinski definition) is 2. The van der Waals surface area contributed by atoms with E-state index in [1.165, 1.54) is 37.4 Å². The number of hydrogen-bond acceptors (Lipinski definition) is 8. The molecule has 1 aliphatic rings. The van der Waals surface area contributed by atoms with Gasteiger partial charge < -0.3 is 9.47 Å². The smallest absolute Gasteiger partial charge is 0.337 e. The lowest BCUT2D eigenvalue weighted by Crippen LogP contribution is -2.33. The zero-order valence-electron chi connectivity index (χ0n) is 18.0. The lowest BCUT2D eigenvalue weighted by Gasteiger charge is -2.16. The van der Waals surface area contributed by atoms with Crippen LogP contribution in [0.4, 0.5) is 0 Å². The summed E-state index contributed by atoms with van der Waals surface area (Å²) in [6, 6.07) is 8.36. The van der Waals surface area contributed by atoms with Crippen molar-refractivity contribution in [1.29, 1.82) is 0 Å². The van der Waals surface area contributed by atoms with E-state index in [9.17, 15) is 26.4 Å². The maximum Gasteiger partial charge on any atom is 0.337 e. The summed E-state index contributed by atoms with van der Waals surface area (Å²) in [5, 5.41) is 0. The standard InChI is InChI=1S/C21H24N2O8S2/c1-30-18-11-10-14(13-19(18)33(28,29)22-16-7-3-4-8-16)20(24)23-32(26,27)17-9-5-6-15(12-17)21(25)31-2/h5-6,9-13,16,22H,3-4,7-8H2,1-2H3,(H,23,24). The average Bonchev–Trinajstić information content (AvgIpc) is 3.30. The van der Waals surface area contributed by atoms with Crippen molar-refractivity contribution in [2.75, 3.05) is 14.2 Å². The first kappa shape index (κ1) is 24.7. The third-order valence-corrected chi connectivity index (χ3v) is 8.06. The van der Waals surface area contributed by atoms with Crippen LogP contribution < -0.4 is 14.2 Å². The molecule has 0 saturated heterocycles. The van der Waals surface area contributed by atoms with E-state index >= 15 is 0 Å². The Morgan fingerprint density at radius 1 is 0.909 bits per heavy atom. The van der Waals surface area contributed by atoms with Gasteiger partial charge in [-0.05, 0) is 49.2 Å².